The molecule has 3 rings (SSSR count). The molecule has 2 aromatic rings. The van der Waals surface area contributed by atoms with E-state index in [0.717, 1.165) is 24.0 Å². The van der Waals surface area contributed by atoms with Crippen LogP contribution in [-0.2, 0) is 11.2 Å². The van der Waals surface area contributed by atoms with Crippen molar-refractivity contribution >= 4 is 45.9 Å². The summed E-state index contributed by atoms with van der Waals surface area (Å²) in [5, 5.41) is 7.68. The number of para-hydroxylation sites is 1. The fourth-order valence-electron chi connectivity index (χ4n) is 2.72. The molecule has 142 valence electrons. The Morgan fingerprint density at radius 2 is 2.00 bits per heavy atom. The monoisotopic (exact) mass is 423 g/mol. The highest BCUT2D eigenvalue weighted by molar-refractivity contribution is 8.15. The first-order chi connectivity index (χ1) is 12.9. The predicted octanol–water partition coefficient (Wildman–Crippen LogP) is 4.77. The molecule has 0 fully saturated rings. The summed E-state index contributed by atoms with van der Waals surface area (Å²) in [6, 6.07) is 12.9. The second-order valence-electron chi connectivity index (χ2n) is 5.98. The van der Waals surface area contributed by atoms with Gasteiger partial charge in [-0.3, -0.25) is 10.1 Å². The molecule has 0 bridgehead atoms. The minimum Gasteiger partial charge on any atom is -0.440 e. The second kappa shape index (κ2) is 8.42. The van der Waals surface area contributed by atoms with Gasteiger partial charge in [0.1, 0.15) is 10.8 Å². The molecule has 8 heteroatoms. The normalized spacial score (nSPS) is 18.6. The number of rotatable bonds is 6. The number of nitrogens with one attached hydrogen (secondary N) is 2. The molecule has 0 saturated heterocycles. The summed E-state index contributed by atoms with van der Waals surface area (Å²) in [6.07, 6.45) is 1.68. The summed E-state index contributed by atoms with van der Waals surface area (Å²) in [5.41, 5.74) is 4.72. The van der Waals surface area contributed by atoms with E-state index in [1.165, 1.54) is 18.7 Å². The summed E-state index contributed by atoms with van der Waals surface area (Å²) in [5.74, 6) is 0.357. The maximum atomic E-state index is 11.8. The third-order valence-electron chi connectivity index (χ3n) is 3.82. The molecule has 2 N–H and O–H groups in total. The lowest BCUT2D eigenvalue weighted by atomic mass is 10.0. The fraction of sp³-hybridized carbons (Fsp3) is 0.263. The average molecular weight is 424 g/mol. The minimum atomic E-state index is -1.24. The van der Waals surface area contributed by atoms with Gasteiger partial charge in [-0.05, 0) is 41.9 Å². The van der Waals surface area contributed by atoms with Crippen molar-refractivity contribution in [2.75, 3.05) is 0 Å². The lowest BCUT2D eigenvalue weighted by molar-refractivity contribution is -0.122. The largest absolute Gasteiger partial charge is 0.440 e. The van der Waals surface area contributed by atoms with Crippen molar-refractivity contribution < 1.29 is 9.53 Å². The van der Waals surface area contributed by atoms with Crippen molar-refractivity contribution in [3.63, 3.8) is 0 Å². The van der Waals surface area contributed by atoms with Crippen LogP contribution in [-0.4, -0.2) is 16.1 Å². The van der Waals surface area contributed by atoms with Crippen molar-refractivity contribution in [3.8, 4) is 5.75 Å². The Balaban J connectivity index is 1.92. The van der Waals surface area contributed by atoms with E-state index in [4.69, 9.17) is 27.9 Å². The topological polar surface area (TPSA) is 62.7 Å². The Morgan fingerprint density at radius 1 is 1.26 bits per heavy atom. The number of hydrogen-bond acceptors (Lipinski definition) is 5. The van der Waals surface area contributed by atoms with Crippen molar-refractivity contribution in [2.24, 2.45) is 5.10 Å². The smallest absolute Gasteiger partial charge is 0.334 e. The van der Waals surface area contributed by atoms with Gasteiger partial charge in [0, 0.05) is 12.5 Å². The van der Waals surface area contributed by atoms with Gasteiger partial charge < -0.3 is 4.74 Å². The molecular formula is C19H19Cl2N3O2S. The first-order valence-corrected chi connectivity index (χ1v) is 10.1. The number of amides is 1. The molecule has 0 saturated carbocycles. The molecule has 1 atom stereocenters. The van der Waals surface area contributed by atoms with Gasteiger partial charge in [0.15, 0.2) is 0 Å². The number of thioether (sulfide) groups is 1. The highest BCUT2D eigenvalue weighted by Gasteiger charge is 2.42. The lowest BCUT2D eigenvalue weighted by Crippen LogP contribution is -2.56. The summed E-state index contributed by atoms with van der Waals surface area (Å²) in [7, 11) is 0. The van der Waals surface area contributed by atoms with Crippen molar-refractivity contribution in [1.29, 1.82) is 0 Å². The lowest BCUT2D eigenvalue weighted by Gasteiger charge is -2.28. The number of hydrazone groups is 1. The predicted molar refractivity (Wildman–Crippen MR) is 111 cm³/mol. The SMILES string of the molecule is CCCc1c(C2=NNC(NC(C)=O)(Oc3ccccc3)S2)ccc(Cl)c1Cl. The van der Waals surface area contributed by atoms with E-state index in [1.54, 1.807) is 6.07 Å². The number of halogens is 2. The molecule has 1 heterocycles. The van der Waals surface area contributed by atoms with E-state index in [9.17, 15) is 4.79 Å². The van der Waals surface area contributed by atoms with Crippen LogP contribution >= 0.6 is 35.0 Å². The van der Waals surface area contributed by atoms with Crippen molar-refractivity contribution in [2.45, 2.75) is 31.9 Å². The summed E-state index contributed by atoms with van der Waals surface area (Å²) in [4.78, 5) is 11.8. The Morgan fingerprint density at radius 3 is 2.67 bits per heavy atom. The second-order valence-corrected chi connectivity index (χ2v) is 7.93. The van der Waals surface area contributed by atoms with Crippen LogP contribution in [0.5, 0.6) is 5.75 Å². The van der Waals surface area contributed by atoms with E-state index < -0.39 is 5.18 Å². The number of ether oxygens (including phenoxy) is 1. The molecule has 1 unspecified atom stereocenters. The molecule has 2 aromatic carbocycles. The molecule has 0 radical (unpaired) electrons. The molecule has 0 aliphatic carbocycles. The zero-order valence-electron chi connectivity index (χ0n) is 14.9. The van der Waals surface area contributed by atoms with E-state index >= 15 is 0 Å². The molecular weight excluding hydrogens is 405 g/mol. The van der Waals surface area contributed by atoms with Gasteiger partial charge in [-0.2, -0.15) is 5.10 Å². The molecule has 5 nitrogen and oxygen atoms in total. The maximum Gasteiger partial charge on any atom is 0.334 e. The highest BCUT2D eigenvalue weighted by atomic mass is 35.5. The average Bonchev–Trinajstić information content (AvgIpc) is 3.02. The van der Waals surface area contributed by atoms with E-state index in [1.807, 2.05) is 36.4 Å². The molecule has 27 heavy (non-hydrogen) atoms. The Kier molecular flexibility index (Phi) is 6.19. The van der Waals surface area contributed by atoms with Gasteiger partial charge in [0.2, 0.25) is 5.91 Å². The van der Waals surface area contributed by atoms with Gasteiger partial charge in [-0.1, -0.05) is 60.8 Å². The standard InChI is InChI=1S/C19H19Cl2N3O2S/c1-3-7-14-15(10-11-16(20)17(14)21)18-23-24-19(27-18,22-12(2)25)26-13-8-5-4-6-9-13/h4-6,8-11,24H,3,7H2,1-2H3,(H,22,25). The quantitative estimate of drug-likeness (QED) is 0.656. The number of benzene rings is 2. The molecule has 1 aliphatic heterocycles. The van der Waals surface area contributed by atoms with Gasteiger partial charge >= 0.3 is 5.18 Å². The number of hydrogen-bond donors (Lipinski definition) is 2. The van der Waals surface area contributed by atoms with Crippen LogP contribution in [0.3, 0.4) is 0 Å². The first-order valence-electron chi connectivity index (χ1n) is 8.48. The van der Waals surface area contributed by atoms with Crippen LogP contribution in [0.4, 0.5) is 0 Å². The van der Waals surface area contributed by atoms with E-state index in [2.05, 4.69) is 22.8 Å². The van der Waals surface area contributed by atoms with Gasteiger partial charge in [-0.15, -0.1) is 0 Å². The van der Waals surface area contributed by atoms with Crippen LogP contribution in [0.2, 0.25) is 10.0 Å². The third-order valence-corrected chi connectivity index (χ3v) is 5.73. The van der Waals surface area contributed by atoms with Gasteiger partial charge in [0.25, 0.3) is 0 Å². The maximum absolute atomic E-state index is 11.8. The van der Waals surface area contributed by atoms with Crippen LogP contribution in [0.1, 0.15) is 31.4 Å². The number of nitrogens with zero attached hydrogens (tertiary/aromatic N) is 1. The van der Waals surface area contributed by atoms with Crippen LogP contribution < -0.4 is 15.5 Å². The third kappa shape index (κ3) is 4.51. The van der Waals surface area contributed by atoms with Gasteiger partial charge in [0.05, 0.1) is 10.0 Å². The molecule has 0 spiro atoms. The first kappa shape index (κ1) is 19.9. The van der Waals surface area contributed by atoms with Gasteiger partial charge in [-0.25, -0.2) is 5.43 Å². The summed E-state index contributed by atoms with van der Waals surface area (Å²) < 4.78 is 6.03. The van der Waals surface area contributed by atoms with Crippen LogP contribution in [0, 0.1) is 0 Å². The van der Waals surface area contributed by atoms with E-state index in [-0.39, 0.29) is 5.91 Å². The van der Waals surface area contributed by atoms with Crippen LogP contribution in [0.15, 0.2) is 47.6 Å². The number of carbonyl (C=O) groups is 1. The molecule has 1 amide bonds. The minimum absolute atomic E-state index is 0.245. The Labute approximate surface area is 172 Å². The Hall–Kier alpha value is -1.89. The van der Waals surface area contributed by atoms with E-state index in [0.29, 0.717) is 20.8 Å². The zero-order chi connectivity index (χ0) is 19.4. The number of carbonyl (C=O) groups excluding carboxylic acids is 1. The van der Waals surface area contributed by atoms with Crippen molar-refractivity contribution in [3.05, 3.63) is 63.6 Å². The fourth-order valence-corrected chi connectivity index (χ4v) is 4.24. The zero-order valence-corrected chi connectivity index (χ0v) is 17.2. The Bertz CT molecular complexity index is 877. The van der Waals surface area contributed by atoms with Crippen LogP contribution in [0.25, 0.3) is 0 Å². The highest BCUT2D eigenvalue weighted by Crippen LogP contribution is 2.37. The molecule has 0 aromatic heterocycles. The summed E-state index contributed by atoms with van der Waals surface area (Å²) >= 11 is 13.9. The van der Waals surface area contributed by atoms with Crippen molar-refractivity contribution in [1.82, 2.24) is 10.7 Å². The summed E-state index contributed by atoms with van der Waals surface area (Å²) in [6.45, 7) is 3.50. The molecule has 1 aliphatic rings.